The first-order valence-corrected chi connectivity index (χ1v) is 6.95. The van der Waals surface area contributed by atoms with Gasteiger partial charge in [-0.1, -0.05) is 13.8 Å². The average molecular weight is 278 g/mol. The third kappa shape index (κ3) is 3.48. The quantitative estimate of drug-likeness (QED) is 0.788. The number of rotatable bonds is 4. The van der Waals surface area contributed by atoms with E-state index in [1.165, 1.54) is 18.5 Å². The van der Waals surface area contributed by atoms with Crippen LogP contribution < -0.4 is 5.32 Å². The molecule has 1 aromatic rings. The van der Waals surface area contributed by atoms with Gasteiger partial charge in [0.2, 0.25) is 0 Å². The summed E-state index contributed by atoms with van der Waals surface area (Å²) in [5.41, 5.74) is 0.159. The van der Waals surface area contributed by atoms with E-state index in [0.717, 1.165) is 25.7 Å². The van der Waals surface area contributed by atoms with Crippen molar-refractivity contribution in [1.82, 2.24) is 4.98 Å². The van der Waals surface area contributed by atoms with Gasteiger partial charge in [0.25, 0.3) is 0 Å². The highest BCUT2D eigenvalue weighted by Crippen LogP contribution is 2.40. The van der Waals surface area contributed by atoms with Crippen LogP contribution in [0.2, 0.25) is 0 Å². The molecule has 0 unspecified atom stereocenters. The second-order valence-electron chi connectivity index (χ2n) is 6.47. The Kier molecular flexibility index (Phi) is 3.99. The average Bonchev–Trinajstić information content (AvgIpc) is 2.41. The van der Waals surface area contributed by atoms with Crippen molar-refractivity contribution in [3.63, 3.8) is 0 Å². The number of pyridine rings is 1. The standard InChI is InChI=1S/C15H22N2O3/c1-14(2)4-6-15(20,7-5-14)10-17-12-9-16-8-3-11(12)13(18)19/h3,8-9,17,20H,4-7,10H2,1-2H3,(H,18,19). The van der Waals surface area contributed by atoms with Crippen LogP contribution in [0.1, 0.15) is 49.9 Å². The monoisotopic (exact) mass is 278 g/mol. The summed E-state index contributed by atoms with van der Waals surface area (Å²) in [6.45, 7) is 4.78. The number of nitrogens with one attached hydrogen (secondary N) is 1. The Labute approximate surface area is 119 Å². The van der Waals surface area contributed by atoms with Crippen LogP contribution in [-0.4, -0.2) is 33.3 Å². The van der Waals surface area contributed by atoms with Gasteiger partial charge in [0.1, 0.15) is 0 Å². The first-order chi connectivity index (χ1) is 9.31. The fourth-order valence-corrected chi connectivity index (χ4v) is 2.55. The first-order valence-electron chi connectivity index (χ1n) is 6.95. The number of aromatic carboxylic acids is 1. The van der Waals surface area contributed by atoms with E-state index in [9.17, 15) is 9.90 Å². The van der Waals surface area contributed by atoms with E-state index in [0.29, 0.717) is 12.2 Å². The Morgan fingerprint density at radius 2 is 2.00 bits per heavy atom. The summed E-state index contributed by atoms with van der Waals surface area (Å²) < 4.78 is 0. The minimum atomic E-state index is -0.994. The Balaban J connectivity index is 2.01. The van der Waals surface area contributed by atoms with Crippen molar-refractivity contribution >= 4 is 11.7 Å². The summed E-state index contributed by atoms with van der Waals surface area (Å²) >= 11 is 0. The Bertz CT molecular complexity index is 490. The van der Waals surface area contributed by atoms with E-state index in [4.69, 9.17) is 5.11 Å². The highest BCUT2D eigenvalue weighted by molar-refractivity contribution is 5.93. The van der Waals surface area contributed by atoms with Crippen LogP contribution in [0.5, 0.6) is 0 Å². The Hall–Kier alpha value is -1.62. The summed E-state index contributed by atoms with van der Waals surface area (Å²) in [6, 6.07) is 1.46. The van der Waals surface area contributed by atoms with Crippen molar-refractivity contribution in [3.8, 4) is 0 Å². The van der Waals surface area contributed by atoms with E-state index in [2.05, 4.69) is 24.1 Å². The second kappa shape index (κ2) is 5.40. The van der Waals surface area contributed by atoms with Gasteiger partial charge in [-0.2, -0.15) is 0 Å². The number of aliphatic hydroxyl groups is 1. The highest BCUT2D eigenvalue weighted by atomic mass is 16.4. The van der Waals surface area contributed by atoms with Gasteiger partial charge in [-0.3, -0.25) is 4.98 Å². The third-order valence-electron chi connectivity index (χ3n) is 4.19. The number of nitrogens with zero attached hydrogens (tertiary/aromatic N) is 1. The van der Waals surface area contributed by atoms with Crippen LogP contribution in [0.25, 0.3) is 0 Å². The molecule has 0 aliphatic heterocycles. The lowest BCUT2D eigenvalue weighted by molar-refractivity contribution is -0.0145. The highest BCUT2D eigenvalue weighted by Gasteiger charge is 2.36. The molecule has 0 aromatic carbocycles. The maximum Gasteiger partial charge on any atom is 0.337 e. The van der Waals surface area contributed by atoms with Gasteiger partial charge in [-0.15, -0.1) is 0 Å². The van der Waals surface area contributed by atoms with Gasteiger partial charge in [0.15, 0.2) is 0 Å². The lowest BCUT2D eigenvalue weighted by Crippen LogP contribution is -2.42. The molecule has 1 heterocycles. The van der Waals surface area contributed by atoms with Crippen molar-refractivity contribution in [2.24, 2.45) is 5.41 Å². The van der Waals surface area contributed by atoms with Crippen molar-refractivity contribution < 1.29 is 15.0 Å². The molecule has 1 aliphatic carbocycles. The summed E-state index contributed by atoms with van der Waals surface area (Å²) in [6.07, 6.45) is 6.35. The fraction of sp³-hybridized carbons (Fsp3) is 0.600. The van der Waals surface area contributed by atoms with Crippen LogP contribution in [0.15, 0.2) is 18.5 Å². The molecule has 0 radical (unpaired) electrons. The molecule has 1 fully saturated rings. The van der Waals surface area contributed by atoms with E-state index in [1.807, 2.05) is 0 Å². The van der Waals surface area contributed by atoms with Gasteiger partial charge < -0.3 is 15.5 Å². The molecule has 110 valence electrons. The molecule has 1 saturated carbocycles. The van der Waals surface area contributed by atoms with Gasteiger partial charge in [0, 0.05) is 12.7 Å². The number of carboxylic acid groups (broad SMARTS) is 1. The molecule has 1 aliphatic rings. The van der Waals surface area contributed by atoms with Crippen LogP contribution in [0.3, 0.4) is 0 Å². The third-order valence-corrected chi connectivity index (χ3v) is 4.19. The van der Waals surface area contributed by atoms with E-state index < -0.39 is 11.6 Å². The normalized spacial score (nSPS) is 20.4. The number of hydrogen-bond acceptors (Lipinski definition) is 4. The predicted molar refractivity (Wildman–Crippen MR) is 76.9 cm³/mol. The number of anilines is 1. The van der Waals surface area contributed by atoms with E-state index >= 15 is 0 Å². The van der Waals surface area contributed by atoms with Crippen molar-refractivity contribution in [2.45, 2.75) is 45.1 Å². The SMILES string of the molecule is CC1(C)CCC(O)(CNc2cnccc2C(=O)O)CC1. The molecule has 1 aromatic heterocycles. The molecular formula is C15H22N2O3. The zero-order valence-corrected chi connectivity index (χ0v) is 12.0. The van der Waals surface area contributed by atoms with E-state index in [1.54, 1.807) is 0 Å². The van der Waals surface area contributed by atoms with Crippen LogP contribution in [0.4, 0.5) is 5.69 Å². The molecule has 20 heavy (non-hydrogen) atoms. The fourth-order valence-electron chi connectivity index (χ4n) is 2.55. The molecule has 0 amide bonds. The van der Waals surface area contributed by atoms with E-state index in [-0.39, 0.29) is 11.0 Å². The minimum Gasteiger partial charge on any atom is -0.478 e. The smallest absolute Gasteiger partial charge is 0.337 e. The maximum absolute atomic E-state index is 11.1. The van der Waals surface area contributed by atoms with Crippen LogP contribution in [-0.2, 0) is 0 Å². The zero-order chi connectivity index (χ0) is 14.8. The van der Waals surface area contributed by atoms with Crippen molar-refractivity contribution in [2.75, 3.05) is 11.9 Å². The molecule has 0 spiro atoms. The summed E-state index contributed by atoms with van der Waals surface area (Å²) in [4.78, 5) is 15.0. The molecule has 0 saturated heterocycles. The maximum atomic E-state index is 11.1. The number of aromatic nitrogens is 1. The van der Waals surface area contributed by atoms with Crippen LogP contribution >= 0.6 is 0 Å². The molecule has 0 bridgehead atoms. The molecule has 5 heteroatoms. The zero-order valence-electron chi connectivity index (χ0n) is 12.0. The topological polar surface area (TPSA) is 82.5 Å². The summed E-state index contributed by atoms with van der Waals surface area (Å²) in [5.74, 6) is -0.994. The second-order valence-corrected chi connectivity index (χ2v) is 6.47. The number of hydrogen-bond donors (Lipinski definition) is 3. The largest absolute Gasteiger partial charge is 0.478 e. The van der Waals surface area contributed by atoms with Crippen molar-refractivity contribution in [3.05, 3.63) is 24.0 Å². The molecule has 3 N–H and O–H groups in total. The molecular weight excluding hydrogens is 256 g/mol. The Morgan fingerprint density at radius 3 is 2.60 bits per heavy atom. The summed E-state index contributed by atoms with van der Waals surface area (Å²) in [5, 5.41) is 22.7. The summed E-state index contributed by atoms with van der Waals surface area (Å²) in [7, 11) is 0. The lowest BCUT2D eigenvalue weighted by Gasteiger charge is -2.40. The Morgan fingerprint density at radius 1 is 1.35 bits per heavy atom. The molecule has 0 atom stereocenters. The van der Waals surface area contributed by atoms with Gasteiger partial charge >= 0.3 is 5.97 Å². The molecule has 2 rings (SSSR count). The van der Waals surface area contributed by atoms with Gasteiger partial charge in [-0.25, -0.2) is 4.79 Å². The van der Waals surface area contributed by atoms with Gasteiger partial charge in [0.05, 0.1) is 23.0 Å². The first kappa shape index (κ1) is 14.8. The number of carbonyl (C=O) groups is 1. The van der Waals surface area contributed by atoms with Crippen molar-refractivity contribution in [1.29, 1.82) is 0 Å². The molecule has 5 nitrogen and oxygen atoms in total. The number of carboxylic acids is 1. The predicted octanol–water partition coefficient (Wildman–Crippen LogP) is 2.52. The van der Waals surface area contributed by atoms with Gasteiger partial charge in [-0.05, 0) is 37.2 Å². The minimum absolute atomic E-state index is 0.180. The lowest BCUT2D eigenvalue weighted by atomic mass is 9.71. The van der Waals surface area contributed by atoms with Crippen LogP contribution in [0, 0.1) is 5.41 Å².